The summed E-state index contributed by atoms with van der Waals surface area (Å²) >= 11 is 0. The maximum absolute atomic E-state index is 12.3. The van der Waals surface area contributed by atoms with E-state index in [4.69, 9.17) is 0 Å². The van der Waals surface area contributed by atoms with Crippen LogP contribution in [0.5, 0.6) is 0 Å². The van der Waals surface area contributed by atoms with Gasteiger partial charge in [-0.15, -0.1) is 0 Å². The second-order valence-corrected chi connectivity index (χ2v) is 4.75. The second kappa shape index (κ2) is 5.24. The average molecular weight is 281 g/mol. The summed E-state index contributed by atoms with van der Waals surface area (Å²) in [6.07, 6.45) is 4.94. The normalized spacial score (nSPS) is 10.6. The Bertz CT molecular complexity index is 759. The van der Waals surface area contributed by atoms with Crippen molar-refractivity contribution in [1.82, 2.24) is 19.7 Å². The number of anilines is 1. The van der Waals surface area contributed by atoms with Gasteiger partial charge in [-0.05, 0) is 32.0 Å². The monoisotopic (exact) mass is 281 g/mol. The number of aromatic amines is 1. The topological polar surface area (TPSA) is 75.6 Å². The molecule has 3 aromatic heterocycles. The number of aryl methyl sites for hydroxylation is 1. The third kappa shape index (κ3) is 2.43. The standard InChI is InChI=1S/C15H15N5O/c1-10-7-13(15(21)19-12-8-17-18-9-12)11(2)20(10)14-5-3-4-6-16-14/h3-9H,1-2H3,(H,17,18)(H,19,21). The zero-order valence-electron chi connectivity index (χ0n) is 11.8. The van der Waals surface area contributed by atoms with E-state index in [0.29, 0.717) is 11.3 Å². The first-order chi connectivity index (χ1) is 10.2. The number of rotatable bonds is 3. The smallest absolute Gasteiger partial charge is 0.257 e. The fourth-order valence-electron chi connectivity index (χ4n) is 2.35. The molecule has 0 atom stereocenters. The van der Waals surface area contributed by atoms with Crippen molar-refractivity contribution in [1.29, 1.82) is 0 Å². The summed E-state index contributed by atoms with van der Waals surface area (Å²) in [6, 6.07) is 7.56. The molecule has 0 fully saturated rings. The summed E-state index contributed by atoms with van der Waals surface area (Å²) in [7, 11) is 0. The molecule has 0 spiro atoms. The van der Waals surface area contributed by atoms with E-state index in [1.54, 1.807) is 18.6 Å². The molecule has 0 aliphatic carbocycles. The van der Waals surface area contributed by atoms with Crippen LogP contribution in [0, 0.1) is 13.8 Å². The van der Waals surface area contributed by atoms with Crippen LogP contribution in [0.1, 0.15) is 21.7 Å². The van der Waals surface area contributed by atoms with Gasteiger partial charge in [-0.25, -0.2) is 4.98 Å². The Balaban J connectivity index is 1.96. The van der Waals surface area contributed by atoms with Gasteiger partial charge in [0.15, 0.2) is 0 Å². The molecule has 0 aliphatic heterocycles. The molecular formula is C15H15N5O. The summed E-state index contributed by atoms with van der Waals surface area (Å²) < 4.78 is 1.96. The predicted molar refractivity (Wildman–Crippen MR) is 79.6 cm³/mol. The molecule has 3 aromatic rings. The fraction of sp³-hybridized carbons (Fsp3) is 0.133. The lowest BCUT2D eigenvalue weighted by molar-refractivity contribution is 0.102. The van der Waals surface area contributed by atoms with Crippen molar-refractivity contribution in [2.75, 3.05) is 5.32 Å². The summed E-state index contributed by atoms with van der Waals surface area (Å²) in [6.45, 7) is 3.86. The first-order valence-corrected chi connectivity index (χ1v) is 6.57. The SMILES string of the molecule is Cc1cc(C(=O)Nc2cn[nH]c2)c(C)n1-c1ccccn1. The van der Waals surface area contributed by atoms with Gasteiger partial charge >= 0.3 is 0 Å². The molecule has 106 valence electrons. The lowest BCUT2D eigenvalue weighted by Gasteiger charge is -2.08. The summed E-state index contributed by atoms with van der Waals surface area (Å²) in [5.74, 6) is 0.640. The third-order valence-corrected chi connectivity index (χ3v) is 3.31. The van der Waals surface area contributed by atoms with Crippen molar-refractivity contribution in [3.63, 3.8) is 0 Å². The molecule has 6 nitrogen and oxygen atoms in total. The number of carbonyl (C=O) groups is 1. The van der Waals surface area contributed by atoms with E-state index in [1.807, 2.05) is 42.7 Å². The van der Waals surface area contributed by atoms with Crippen LogP contribution in [0.4, 0.5) is 5.69 Å². The van der Waals surface area contributed by atoms with Gasteiger partial charge in [-0.3, -0.25) is 9.89 Å². The van der Waals surface area contributed by atoms with Gasteiger partial charge < -0.3 is 9.88 Å². The molecule has 0 aliphatic rings. The zero-order valence-corrected chi connectivity index (χ0v) is 11.8. The number of pyridine rings is 1. The molecule has 0 saturated heterocycles. The van der Waals surface area contributed by atoms with E-state index < -0.39 is 0 Å². The highest BCUT2D eigenvalue weighted by atomic mass is 16.1. The van der Waals surface area contributed by atoms with Crippen LogP contribution in [0.3, 0.4) is 0 Å². The Morgan fingerprint density at radius 3 is 2.86 bits per heavy atom. The minimum atomic E-state index is -0.160. The summed E-state index contributed by atoms with van der Waals surface area (Å²) in [5, 5.41) is 9.28. The molecule has 0 radical (unpaired) electrons. The van der Waals surface area contributed by atoms with Crippen LogP contribution in [0.2, 0.25) is 0 Å². The highest BCUT2D eigenvalue weighted by molar-refractivity contribution is 6.05. The number of amides is 1. The molecule has 6 heteroatoms. The van der Waals surface area contributed by atoms with Gasteiger partial charge in [0.25, 0.3) is 5.91 Å². The van der Waals surface area contributed by atoms with Crippen molar-refractivity contribution < 1.29 is 4.79 Å². The lowest BCUT2D eigenvalue weighted by atomic mass is 10.2. The number of hydrogen-bond acceptors (Lipinski definition) is 3. The number of carbonyl (C=O) groups excluding carboxylic acids is 1. The van der Waals surface area contributed by atoms with Crippen LogP contribution in [-0.2, 0) is 0 Å². The van der Waals surface area contributed by atoms with E-state index in [-0.39, 0.29) is 5.91 Å². The number of hydrogen-bond donors (Lipinski definition) is 2. The van der Waals surface area contributed by atoms with Crippen LogP contribution in [0.25, 0.3) is 5.82 Å². The van der Waals surface area contributed by atoms with E-state index in [0.717, 1.165) is 17.2 Å². The molecule has 0 bridgehead atoms. The van der Waals surface area contributed by atoms with Crippen molar-refractivity contribution in [3.05, 3.63) is 59.8 Å². The molecule has 1 amide bonds. The molecule has 21 heavy (non-hydrogen) atoms. The van der Waals surface area contributed by atoms with Crippen LogP contribution in [0.15, 0.2) is 42.9 Å². The Morgan fingerprint density at radius 2 is 2.19 bits per heavy atom. The van der Waals surface area contributed by atoms with Gasteiger partial charge in [0.05, 0.1) is 17.4 Å². The Morgan fingerprint density at radius 1 is 1.33 bits per heavy atom. The average Bonchev–Trinajstić information content (AvgIpc) is 3.08. The quantitative estimate of drug-likeness (QED) is 0.774. The second-order valence-electron chi connectivity index (χ2n) is 4.75. The van der Waals surface area contributed by atoms with Crippen molar-refractivity contribution in [2.24, 2.45) is 0 Å². The van der Waals surface area contributed by atoms with Crippen molar-refractivity contribution >= 4 is 11.6 Å². The number of nitrogens with one attached hydrogen (secondary N) is 2. The van der Waals surface area contributed by atoms with E-state index >= 15 is 0 Å². The van der Waals surface area contributed by atoms with Gasteiger partial charge in [0, 0.05) is 23.8 Å². The first kappa shape index (κ1) is 13.1. The van der Waals surface area contributed by atoms with Crippen molar-refractivity contribution in [3.8, 4) is 5.82 Å². The largest absolute Gasteiger partial charge is 0.319 e. The predicted octanol–water partition coefficient (Wildman–Crippen LogP) is 2.46. The van der Waals surface area contributed by atoms with Gasteiger partial charge in [0.2, 0.25) is 0 Å². The van der Waals surface area contributed by atoms with Gasteiger partial charge in [-0.1, -0.05) is 6.07 Å². The van der Waals surface area contributed by atoms with Crippen molar-refractivity contribution in [2.45, 2.75) is 13.8 Å². The Hall–Kier alpha value is -2.89. The number of aromatic nitrogens is 4. The minimum Gasteiger partial charge on any atom is -0.319 e. The highest BCUT2D eigenvalue weighted by Gasteiger charge is 2.17. The van der Waals surface area contributed by atoms with Crippen LogP contribution >= 0.6 is 0 Å². The Labute approximate surface area is 121 Å². The first-order valence-electron chi connectivity index (χ1n) is 6.57. The maximum Gasteiger partial charge on any atom is 0.257 e. The van der Waals surface area contributed by atoms with E-state index in [2.05, 4.69) is 20.5 Å². The summed E-state index contributed by atoms with van der Waals surface area (Å²) in [4.78, 5) is 16.7. The zero-order chi connectivity index (χ0) is 14.8. The van der Waals surface area contributed by atoms with Crippen LogP contribution < -0.4 is 5.32 Å². The molecule has 3 rings (SSSR count). The molecule has 0 aromatic carbocycles. The Kier molecular flexibility index (Phi) is 3.27. The minimum absolute atomic E-state index is 0.160. The molecule has 0 saturated carbocycles. The lowest BCUT2D eigenvalue weighted by Crippen LogP contribution is -2.12. The molecular weight excluding hydrogens is 266 g/mol. The fourth-order valence-corrected chi connectivity index (χ4v) is 2.35. The van der Waals surface area contributed by atoms with Gasteiger partial charge in [0.1, 0.15) is 5.82 Å². The third-order valence-electron chi connectivity index (χ3n) is 3.31. The van der Waals surface area contributed by atoms with Crippen LogP contribution in [-0.4, -0.2) is 25.7 Å². The molecule has 3 heterocycles. The van der Waals surface area contributed by atoms with E-state index in [9.17, 15) is 4.79 Å². The number of H-pyrrole nitrogens is 1. The number of nitrogens with zero attached hydrogens (tertiary/aromatic N) is 3. The molecule has 0 unspecified atom stereocenters. The summed E-state index contributed by atoms with van der Waals surface area (Å²) in [5.41, 5.74) is 3.08. The highest BCUT2D eigenvalue weighted by Crippen LogP contribution is 2.20. The molecule has 2 N–H and O–H groups in total. The maximum atomic E-state index is 12.3. The van der Waals surface area contributed by atoms with E-state index in [1.165, 1.54) is 0 Å². The van der Waals surface area contributed by atoms with Gasteiger partial charge in [-0.2, -0.15) is 5.10 Å².